The third kappa shape index (κ3) is 5.45. The Labute approximate surface area is 173 Å². The van der Waals surface area contributed by atoms with Crippen LogP contribution in [0.2, 0.25) is 0 Å². The summed E-state index contributed by atoms with van der Waals surface area (Å²) in [6.07, 6.45) is 2.26. The SMILES string of the molecule is COc1cccc(OCCCOc2c(/C=C3/SC(=O)NC3=O)cccc2OC)c1. The van der Waals surface area contributed by atoms with Gasteiger partial charge in [0.05, 0.1) is 32.3 Å². The number of carbonyl (C=O) groups is 2. The second kappa shape index (κ2) is 9.88. The predicted molar refractivity (Wildman–Crippen MR) is 111 cm³/mol. The van der Waals surface area contributed by atoms with Gasteiger partial charge in [0, 0.05) is 18.1 Å². The van der Waals surface area contributed by atoms with Crippen LogP contribution in [0, 0.1) is 0 Å². The Hall–Kier alpha value is -3.13. The average molecular weight is 415 g/mol. The molecule has 0 saturated carbocycles. The van der Waals surface area contributed by atoms with Crippen molar-refractivity contribution >= 4 is 29.0 Å². The van der Waals surface area contributed by atoms with Crippen LogP contribution in [0.1, 0.15) is 12.0 Å². The highest BCUT2D eigenvalue weighted by Gasteiger charge is 2.25. The number of carbonyl (C=O) groups excluding carboxylic acids is 2. The summed E-state index contributed by atoms with van der Waals surface area (Å²) in [7, 11) is 3.16. The number of thioether (sulfide) groups is 1. The minimum atomic E-state index is -0.416. The van der Waals surface area contributed by atoms with E-state index < -0.39 is 5.91 Å². The van der Waals surface area contributed by atoms with Crippen molar-refractivity contribution in [3.63, 3.8) is 0 Å². The second-order valence-electron chi connectivity index (χ2n) is 5.96. The number of imide groups is 1. The summed E-state index contributed by atoms with van der Waals surface area (Å²) < 4.78 is 22.2. The fraction of sp³-hybridized carbons (Fsp3) is 0.238. The minimum absolute atomic E-state index is 0.314. The van der Waals surface area contributed by atoms with E-state index in [-0.39, 0.29) is 5.24 Å². The molecule has 1 heterocycles. The number of hydrogen-bond acceptors (Lipinski definition) is 7. The summed E-state index contributed by atoms with van der Waals surface area (Å²) in [5.74, 6) is 2.10. The normalized spacial score (nSPS) is 14.6. The van der Waals surface area contributed by atoms with E-state index in [1.54, 1.807) is 38.5 Å². The van der Waals surface area contributed by atoms with Gasteiger partial charge in [0.1, 0.15) is 11.5 Å². The van der Waals surface area contributed by atoms with Crippen molar-refractivity contribution in [2.24, 2.45) is 0 Å². The van der Waals surface area contributed by atoms with Gasteiger partial charge >= 0.3 is 0 Å². The van der Waals surface area contributed by atoms with Crippen molar-refractivity contribution in [3.05, 3.63) is 52.9 Å². The molecule has 0 unspecified atom stereocenters. The highest BCUT2D eigenvalue weighted by atomic mass is 32.2. The molecular formula is C21H21NO6S. The Bertz CT molecular complexity index is 927. The molecule has 152 valence electrons. The summed E-state index contributed by atoms with van der Waals surface area (Å²) in [5, 5.41) is 1.85. The lowest BCUT2D eigenvalue weighted by Crippen LogP contribution is -2.17. The van der Waals surface area contributed by atoms with Gasteiger partial charge in [-0.1, -0.05) is 18.2 Å². The van der Waals surface area contributed by atoms with Crippen molar-refractivity contribution in [3.8, 4) is 23.0 Å². The van der Waals surface area contributed by atoms with Gasteiger partial charge in [-0.3, -0.25) is 14.9 Å². The average Bonchev–Trinajstić information content (AvgIpc) is 3.05. The maximum Gasteiger partial charge on any atom is 0.290 e. The highest BCUT2D eigenvalue weighted by Crippen LogP contribution is 2.35. The highest BCUT2D eigenvalue weighted by molar-refractivity contribution is 8.18. The molecule has 29 heavy (non-hydrogen) atoms. The number of nitrogens with one attached hydrogen (secondary N) is 1. The molecule has 0 radical (unpaired) electrons. The van der Waals surface area contributed by atoms with Gasteiger partial charge in [0.15, 0.2) is 11.5 Å². The van der Waals surface area contributed by atoms with E-state index >= 15 is 0 Å². The van der Waals surface area contributed by atoms with Crippen LogP contribution in [-0.4, -0.2) is 38.6 Å². The lowest BCUT2D eigenvalue weighted by molar-refractivity contribution is -0.115. The molecule has 0 bridgehead atoms. The van der Waals surface area contributed by atoms with Crippen molar-refractivity contribution in [1.82, 2.24) is 5.32 Å². The van der Waals surface area contributed by atoms with E-state index in [4.69, 9.17) is 18.9 Å². The summed E-state index contributed by atoms with van der Waals surface area (Å²) in [4.78, 5) is 23.5. The van der Waals surface area contributed by atoms with Crippen LogP contribution < -0.4 is 24.3 Å². The van der Waals surface area contributed by atoms with E-state index in [2.05, 4.69) is 5.32 Å². The molecule has 0 atom stereocenters. The first-order valence-corrected chi connectivity index (χ1v) is 9.74. The molecule has 0 spiro atoms. The molecule has 1 fully saturated rings. The summed E-state index contributed by atoms with van der Waals surface area (Å²) in [6.45, 7) is 0.851. The third-order valence-electron chi connectivity index (χ3n) is 4.00. The monoisotopic (exact) mass is 415 g/mol. The van der Waals surface area contributed by atoms with Crippen LogP contribution in [0.4, 0.5) is 4.79 Å². The molecule has 2 aromatic carbocycles. The topological polar surface area (TPSA) is 83.1 Å². The van der Waals surface area contributed by atoms with Crippen molar-refractivity contribution < 1.29 is 28.5 Å². The number of methoxy groups -OCH3 is 2. The molecule has 7 nitrogen and oxygen atoms in total. The van der Waals surface area contributed by atoms with E-state index in [9.17, 15) is 9.59 Å². The number of ether oxygens (including phenoxy) is 4. The summed E-state index contributed by atoms with van der Waals surface area (Å²) in [5.41, 5.74) is 0.658. The molecule has 1 N–H and O–H groups in total. The molecule has 2 amide bonds. The molecular weight excluding hydrogens is 394 g/mol. The number of benzene rings is 2. The van der Waals surface area contributed by atoms with Crippen molar-refractivity contribution in [1.29, 1.82) is 0 Å². The van der Waals surface area contributed by atoms with Crippen molar-refractivity contribution in [2.45, 2.75) is 6.42 Å². The quantitative estimate of drug-likeness (QED) is 0.492. The van der Waals surface area contributed by atoms with Gasteiger partial charge in [0.25, 0.3) is 11.1 Å². The Morgan fingerprint density at radius 3 is 2.45 bits per heavy atom. The number of para-hydroxylation sites is 1. The molecule has 0 aliphatic carbocycles. The van der Waals surface area contributed by atoms with Crippen LogP contribution in [0.5, 0.6) is 23.0 Å². The van der Waals surface area contributed by atoms with E-state index in [0.29, 0.717) is 41.6 Å². The molecule has 0 aromatic heterocycles. The van der Waals surface area contributed by atoms with Gasteiger partial charge in [0.2, 0.25) is 0 Å². The Morgan fingerprint density at radius 2 is 1.72 bits per heavy atom. The molecule has 1 aliphatic rings. The maximum absolute atomic E-state index is 11.8. The van der Waals surface area contributed by atoms with E-state index in [1.807, 2.05) is 24.3 Å². The Kier molecular flexibility index (Phi) is 7.02. The first kappa shape index (κ1) is 20.6. The van der Waals surface area contributed by atoms with E-state index in [0.717, 1.165) is 23.3 Å². The molecule has 2 aromatic rings. The van der Waals surface area contributed by atoms with Gasteiger partial charge in [-0.2, -0.15) is 0 Å². The standard InChI is InChI=1S/C21H21NO6S/c1-25-15-7-4-8-16(13-15)27-10-5-11-28-19-14(6-3-9-17(19)26-2)12-18-20(23)22-21(24)29-18/h3-4,6-9,12-13H,5,10-11H2,1-2H3,(H,22,23,24)/b18-12+. The molecule has 1 saturated heterocycles. The zero-order valence-electron chi connectivity index (χ0n) is 16.1. The predicted octanol–water partition coefficient (Wildman–Crippen LogP) is 3.88. The molecule has 1 aliphatic heterocycles. The van der Waals surface area contributed by atoms with Gasteiger partial charge < -0.3 is 18.9 Å². The third-order valence-corrected chi connectivity index (χ3v) is 4.81. The van der Waals surface area contributed by atoms with Gasteiger partial charge in [-0.15, -0.1) is 0 Å². The number of hydrogen-bond donors (Lipinski definition) is 1. The fourth-order valence-corrected chi connectivity index (χ4v) is 3.31. The second-order valence-corrected chi connectivity index (χ2v) is 6.98. The summed E-state index contributed by atoms with van der Waals surface area (Å²) in [6, 6.07) is 12.8. The molecule has 3 rings (SSSR count). The first-order valence-electron chi connectivity index (χ1n) is 8.92. The van der Waals surface area contributed by atoms with Gasteiger partial charge in [-0.25, -0.2) is 0 Å². The van der Waals surface area contributed by atoms with Crippen LogP contribution in [0.25, 0.3) is 6.08 Å². The lowest BCUT2D eigenvalue weighted by atomic mass is 10.1. The lowest BCUT2D eigenvalue weighted by Gasteiger charge is -2.14. The first-order chi connectivity index (χ1) is 14.1. The largest absolute Gasteiger partial charge is 0.497 e. The van der Waals surface area contributed by atoms with Crippen LogP contribution in [-0.2, 0) is 4.79 Å². The van der Waals surface area contributed by atoms with Crippen LogP contribution >= 0.6 is 11.8 Å². The fourth-order valence-electron chi connectivity index (χ4n) is 2.64. The zero-order valence-corrected chi connectivity index (χ0v) is 16.9. The van der Waals surface area contributed by atoms with Crippen LogP contribution in [0.3, 0.4) is 0 Å². The summed E-state index contributed by atoms with van der Waals surface area (Å²) >= 11 is 0.858. The number of amides is 2. The molecule has 8 heteroatoms. The number of rotatable bonds is 9. The van der Waals surface area contributed by atoms with Crippen molar-refractivity contribution in [2.75, 3.05) is 27.4 Å². The zero-order chi connectivity index (χ0) is 20.6. The maximum atomic E-state index is 11.8. The Balaban J connectivity index is 1.61. The van der Waals surface area contributed by atoms with Crippen LogP contribution in [0.15, 0.2) is 47.4 Å². The van der Waals surface area contributed by atoms with Gasteiger partial charge in [-0.05, 0) is 36.0 Å². The smallest absolute Gasteiger partial charge is 0.290 e. The Morgan fingerprint density at radius 1 is 0.966 bits per heavy atom. The minimum Gasteiger partial charge on any atom is -0.497 e. The van der Waals surface area contributed by atoms with E-state index in [1.165, 1.54) is 0 Å².